The predicted molar refractivity (Wildman–Crippen MR) is 172 cm³/mol. The van der Waals surface area contributed by atoms with Gasteiger partial charge in [0.05, 0.1) is 11.1 Å². The number of likely N-dealkylation sites (N-methyl/N-ethyl adjacent to an activating group) is 1. The van der Waals surface area contributed by atoms with E-state index in [4.69, 9.17) is 11.1 Å². The molecule has 1 aliphatic rings. The molecule has 0 aliphatic carbocycles. The monoisotopic (exact) mass is 609 g/mol. The summed E-state index contributed by atoms with van der Waals surface area (Å²) in [5.74, 6) is 4.89. The Hall–Kier alpha value is -4.24. The number of nitrogens with two attached hydrogens (primary N) is 1. The van der Waals surface area contributed by atoms with Gasteiger partial charge >= 0.3 is 6.18 Å². The third-order valence-corrected chi connectivity index (χ3v) is 6.59. The van der Waals surface area contributed by atoms with Crippen molar-refractivity contribution in [1.82, 2.24) is 20.1 Å². The number of carbonyl (C=O) groups is 1. The number of carbonyl (C=O) groups excluding carboxylic acids is 1. The number of nitrogens with zero attached hydrogens (tertiary/aromatic N) is 3. The van der Waals surface area contributed by atoms with Gasteiger partial charge in [-0.1, -0.05) is 44.0 Å². The number of piperazine rings is 1. The molecule has 11 heteroatoms. The molecule has 4 rings (SSSR count). The number of amides is 1. The molecule has 2 aromatic carbocycles. The first kappa shape index (κ1) is 36.0. The first-order chi connectivity index (χ1) is 20.9. The molecule has 0 bridgehead atoms. The molecule has 1 saturated heterocycles. The molecule has 8 nitrogen and oxygen atoms in total. The van der Waals surface area contributed by atoms with Crippen LogP contribution in [0.1, 0.15) is 52.0 Å². The van der Waals surface area contributed by atoms with E-state index in [1.807, 2.05) is 52.9 Å². The third kappa shape index (κ3) is 10.5. The van der Waals surface area contributed by atoms with E-state index in [0.717, 1.165) is 24.7 Å². The van der Waals surface area contributed by atoms with Crippen LogP contribution in [0, 0.1) is 24.2 Å². The average Bonchev–Trinajstić information content (AvgIpc) is 3.00. The minimum atomic E-state index is -4.56. The van der Waals surface area contributed by atoms with Crippen LogP contribution in [0.2, 0.25) is 0 Å². The lowest BCUT2D eigenvalue weighted by molar-refractivity contribution is -0.138. The molecule has 1 aromatic heterocycles. The lowest BCUT2D eigenvalue weighted by Crippen LogP contribution is -2.44. The number of rotatable bonds is 5. The van der Waals surface area contributed by atoms with Crippen LogP contribution in [0.3, 0.4) is 0 Å². The Morgan fingerprint density at radius 3 is 2.36 bits per heavy atom. The zero-order valence-electron chi connectivity index (χ0n) is 26.2. The number of hydrogen-bond acceptors (Lipinski definition) is 7. The molecule has 0 saturated carbocycles. The fourth-order valence-electron chi connectivity index (χ4n) is 4.24. The van der Waals surface area contributed by atoms with Crippen molar-refractivity contribution in [2.24, 2.45) is 0 Å². The van der Waals surface area contributed by atoms with E-state index in [2.05, 4.69) is 32.4 Å². The van der Waals surface area contributed by atoms with Gasteiger partial charge in [-0.05, 0) is 63.3 Å². The number of pyridine rings is 1. The van der Waals surface area contributed by atoms with Crippen molar-refractivity contribution in [3.63, 3.8) is 0 Å². The van der Waals surface area contributed by atoms with Crippen LogP contribution in [-0.2, 0) is 12.7 Å². The maximum atomic E-state index is 13.9. The summed E-state index contributed by atoms with van der Waals surface area (Å²) in [7, 11) is 5.74. The molecule has 236 valence electrons. The molecule has 3 aromatic rings. The summed E-state index contributed by atoms with van der Waals surface area (Å²) in [6.07, 6.45) is -1.83. The fraction of sp³-hybridized carbons (Fsp3) is 0.364. The Bertz CT molecular complexity index is 1470. The third-order valence-electron chi connectivity index (χ3n) is 6.59. The van der Waals surface area contributed by atoms with Gasteiger partial charge in [-0.3, -0.25) is 20.1 Å². The number of halogens is 3. The van der Waals surface area contributed by atoms with Crippen molar-refractivity contribution in [2.45, 2.75) is 33.5 Å². The van der Waals surface area contributed by atoms with Gasteiger partial charge in [-0.25, -0.2) is 0 Å². The Kier molecular flexibility index (Phi) is 14.0. The largest absolute Gasteiger partial charge is 0.416 e. The van der Waals surface area contributed by atoms with Gasteiger partial charge in [0.2, 0.25) is 0 Å². The normalized spacial score (nSPS) is 13.3. The molecule has 1 aliphatic heterocycles. The van der Waals surface area contributed by atoms with Crippen molar-refractivity contribution in [2.75, 3.05) is 58.4 Å². The highest BCUT2D eigenvalue weighted by atomic mass is 19.4. The van der Waals surface area contributed by atoms with E-state index in [1.54, 1.807) is 12.1 Å². The topological polar surface area (TPSA) is 110 Å². The van der Waals surface area contributed by atoms with Crippen LogP contribution in [0.4, 0.5) is 24.5 Å². The first-order valence-corrected chi connectivity index (χ1v) is 14.3. The Balaban J connectivity index is 0.00000127. The van der Waals surface area contributed by atoms with E-state index >= 15 is 0 Å². The minimum absolute atomic E-state index is 0.0161. The number of alkyl halides is 3. The van der Waals surface area contributed by atoms with Gasteiger partial charge in [-0.2, -0.15) is 13.2 Å². The number of nitrogens with one attached hydrogen (secondary N) is 3. The summed E-state index contributed by atoms with van der Waals surface area (Å²) < 4.78 is 41.7. The van der Waals surface area contributed by atoms with Gasteiger partial charge in [0, 0.05) is 67.6 Å². The number of hydrogen-bond donors (Lipinski definition) is 4. The fourth-order valence-corrected chi connectivity index (χ4v) is 4.24. The molecule has 0 atom stereocenters. The van der Waals surface area contributed by atoms with Crippen LogP contribution < -0.4 is 16.4 Å². The number of aryl methyl sites for hydroxylation is 1. The molecule has 0 radical (unpaired) electrons. The summed E-state index contributed by atoms with van der Waals surface area (Å²) in [6, 6.07) is 10.6. The van der Waals surface area contributed by atoms with Gasteiger partial charge in [-0.15, -0.1) is 0 Å². The van der Waals surface area contributed by atoms with E-state index in [0.29, 0.717) is 29.9 Å². The van der Waals surface area contributed by atoms with E-state index in [1.165, 1.54) is 30.6 Å². The lowest BCUT2D eigenvalue weighted by Gasteiger charge is -2.33. The van der Waals surface area contributed by atoms with E-state index < -0.39 is 17.6 Å². The van der Waals surface area contributed by atoms with Gasteiger partial charge in [0.15, 0.2) is 0 Å². The standard InChI is InChI=1S/C29H29F3N6O.C2H7N.C2H6/c1-19-4-3-5-24(27(19)34)26(33)9-6-20-14-22(17-35-16-20)28(39)36-23-8-7-21(25(15-23)29(30,31)32)18-38-12-10-37(2)11-13-38;1-3-2;1-2/h3-5,7-8,14-17,33H,10-13,18,34H2,1-2H3,(H,36,39);3H,1-2H3;1-2H3. The molecular formula is C33H42F3N7O. The predicted octanol–water partition coefficient (Wildman–Crippen LogP) is 5.27. The molecule has 1 amide bonds. The lowest BCUT2D eigenvalue weighted by atomic mass is 10.0. The van der Waals surface area contributed by atoms with Crippen LogP contribution >= 0.6 is 0 Å². The SMILES string of the molecule is CC.CNC.Cc1cccc(C(=N)C#Cc2cncc(C(=O)Nc3ccc(CN4CCN(C)CC4)c(C(F)(F)F)c3)c2)c1N. The van der Waals surface area contributed by atoms with Crippen LogP contribution in [0.25, 0.3) is 0 Å². The first-order valence-electron chi connectivity index (χ1n) is 14.3. The van der Waals surface area contributed by atoms with Crippen molar-refractivity contribution in [3.8, 4) is 11.8 Å². The summed E-state index contributed by atoms with van der Waals surface area (Å²) in [5, 5.41) is 13.5. The van der Waals surface area contributed by atoms with E-state index in [-0.39, 0.29) is 29.1 Å². The van der Waals surface area contributed by atoms with E-state index in [9.17, 15) is 18.0 Å². The second-order valence-corrected chi connectivity index (χ2v) is 10.0. The number of anilines is 2. The highest BCUT2D eigenvalue weighted by molar-refractivity contribution is 6.14. The molecule has 1 fully saturated rings. The summed E-state index contributed by atoms with van der Waals surface area (Å²) in [4.78, 5) is 21.0. The second kappa shape index (κ2) is 17.2. The van der Waals surface area contributed by atoms with Crippen LogP contribution in [-0.4, -0.2) is 73.7 Å². The summed E-state index contributed by atoms with van der Waals surface area (Å²) in [6.45, 7) is 9.00. The molecule has 2 heterocycles. The smallest absolute Gasteiger partial charge is 0.398 e. The van der Waals surface area contributed by atoms with Gasteiger partial charge in [0.1, 0.15) is 5.71 Å². The zero-order valence-corrected chi connectivity index (χ0v) is 26.2. The summed E-state index contributed by atoms with van der Waals surface area (Å²) >= 11 is 0. The number of para-hydroxylation sites is 1. The maximum absolute atomic E-state index is 13.9. The molecule has 44 heavy (non-hydrogen) atoms. The van der Waals surface area contributed by atoms with Crippen molar-refractivity contribution < 1.29 is 18.0 Å². The van der Waals surface area contributed by atoms with Crippen LogP contribution in [0.5, 0.6) is 0 Å². The molecule has 0 unspecified atom stereocenters. The van der Waals surface area contributed by atoms with Crippen molar-refractivity contribution in [3.05, 3.63) is 88.2 Å². The summed E-state index contributed by atoms with van der Waals surface area (Å²) in [5.41, 5.74) is 7.78. The Morgan fingerprint density at radius 1 is 1.07 bits per heavy atom. The zero-order chi connectivity index (χ0) is 32.9. The van der Waals surface area contributed by atoms with Crippen LogP contribution in [0.15, 0.2) is 54.9 Å². The van der Waals surface area contributed by atoms with Crippen molar-refractivity contribution >= 4 is 23.0 Å². The molecule has 5 N–H and O–H groups in total. The quantitative estimate of drug-likeness (QED) is 0.178. The number of aromatic nitrogens is 1. The highest BCUT2D eigenvalue weighted by Gasteiger charge is 2.34. The number of benzene rings is 2. The molecule has 0 spiro atoms. The van der Waals surface area contributed by atoms with Gasteiger partial charge < -0.3 is 21.3 Å². The maximum Gasteiger partial charge on any atom is 0.416 e. The Morgan fingerprint density at radius 2 is 1.73 bits per heavy atom. The van der Waals surface area contributed by atoms with Gasteiger partial charge in [0.25, 0.3) is 5.91 Å². The van der Waals surface area contributed by atoms with Crippen molar-refractivity contribution in [1.29, 1.82) is 5.41 Å². The second-order valence-electron chi connectivity index (χ2n) is 10.0. The Labute approximate surface area is 258 Å². The average molecular weight is 610 g/mol. The molecular weight excluding hydrogens is 567 g/mol. The highest BCUT2D eigenvalue weighted by Crippen LogP contribution is 2.34. The minimum Gasteiger partial charge on any atom is -0.398 e. The number of nitrogen functional groups attached to an aromatic ring is 1.